The lowest BCUT2D eigenvalue weighted by Gasteiger charge is -2.39. The average Bonchev–Trinajstić information content (AvgIpc) is 2.40. The summed E-state index contributed by atoms with van der Waals surface area (Å²) in [4.78, 5) is 0.877. The molecule has 0 aromatic heterocycles. The van der Waals surface area contributed by atoms with Crippen LogP contribution >= 0.6 is 11.8 Å². The zero-order chi connectivity index (χ0) is 13.1. The first-order valence-electron chi connectivity index (χ1n) is 5.65. The van der Waals surface area contributed by atoms with E-state index in [1.807, 2.05) is 30.3 Å². The van der Waals surface area contributed by atoms with Gasteiger partial charge in [0.2, 0.25) is 0 Å². The van der Waals surface area contributed by atoms with E-state index in [0.717, 1.165) is 4.90 Å². The van der Waals surface area contributed by atoms with E-state index >= 15 is 0 Å². The zero-order valence-electron chi connectivity index (χ0n) is 9.59. The summed E-state index contributed by atoms with van der Waals surface area (Å²) in [6.07, 6.45) is -4.69. The molecule has 1 aliphatic rings. The van der Waals surface area contributed by atoms with Gasteiger partial charge in [0.05, 0.1) is 6.61 Å². The standard InChI is InChI=1S/C12H16O5S/c13-6-8-9(14)10(15)11(16)12(17-8)18-7-4-2-1-3-5-7/h1-5,8-16H,6H2/t8?,9-,10?,11?,12+/m1/s1. The topological polar surface area (TPSA) is 90.2 Å². The van der Waals surface area contributed by atoms with Gasteiger partial charge < -0.3 is 25.2 Å². The summed E-state index contributed by atoms with van der Waals surface area (Å²) < 4.78 is 5.39. The molecule has 1 fully saturated rings. The third kappa shape index (κ3) is 2.85. The van der Waals surface area contributed by atoms with Crippen LogP contribution in [0.4, 0.5) is 0 Å². The van der Waals surface area contributed by atoms with Crippen molar-refractivity contribution in [1.29, 1.82) is 0 Å². The van der Waals surface area contributed by atoms with Gasteiger partial charge in [-0.3, -0.25) is 0 Å². The summed E-state index contributed by atoms with van der Waals surface area (Å²) in [5, 5.41) is 38.2. The first-order chi connectivity index (χ1) is 8.63. The molecule has 6 heteroatoms. The first-order valence-corrected chi connectivity index (χ1v) is 6.53. The molecular formula is C12H16O5S. The minimum Gasteiger partial charge on any atom is -0.394 e. The maximum Gasteiger partial charge on any atom is 0.136 e. The number of aliphatic hydroxyl groups excluding tert-OH is 4. The van der Waals surface area contributed by atoms with Gasteiger partial charge in [0.15, 0.2) is 0 Å². The molecule has 5 nitrogen and oxygen atoms in total. The second-order valence-electron chi connectivity index (χ2n) is 4.13. The molecule has 0 radical (unpaired) electrons. The van der Waals surface area contributed by atoms with E-state index in [-0.39, 0.29) is 0 Å². The summed E-state index contributed by atoms with van der Waals surface area (Å²) in [6.45, 7) is -0.406. The van der Waals surface area contributed by atoms with Crippen molar-refractivity contribution < 1.29 is 25.2 Å². The fourth-order valence-electron chi connectivity index (χ4n) is 1.80. The average molecular weight is 272 g/mol. The second-order valence-corrected chi connectivity index (χ2v) is 5.30. The molecule has 2 rings (SSSR count). The second kappa shape index (κ2) is 6.01. The number of rotatable bonds is 3. The number of hydrogen-bond donors (Lipinski definition) is 4. The molecule has 18 heavy (non-hydrogen) atoms. The predicted molar refractivity (Wildman–Crippen MR) is 66.1 cm³/mol. The highest BCUT2D eigenvalue weighted by Gasteiger charge is 2.43. The molecule has 1 aliphatic heterocycles. The van der Waals surface area contributed by atoms with Crippen LogP contribution in [-0.4, -0.2) is 56.9 Å². The van der Waals surface area contributed by atoms with Gasteiger partial charge in [-0.2, -0.15) is 0 Å². The van der Waals surface area contributed by atoms with Gasteiger partial charge in [0.1, 0.15) is 29.9 Å². The molecule has 4 N–H and O–H groups in total. The SMILES string of the molecule is OCC1O[C@@H](Sc2ccccc2)C(O)C(O)[C@@H]1O. The summed E-state index contributed by atoms with van der Waals surface area (Å²) >= 11 is 1.24. The number of benzene rings is 1. The number of hydrogen-bond acceptors (Lipinski definition) is 6. The Bertz CT molecular complexity index is 372. The van der Waals surface area contributed by atoms with Crippen LogP contribution < -0.4 is 0 Å². The van der Waals surface area contributed by atoms with Crippen molar-refractivity contribution in [1.82, 2.24) is 0 Å². The molecule has 1 saturated heterocycles. The van der Waals surface area contributed by atoms with Crippen molar-refractivity contribution in [3.8, 4) is 0 Å². The van der Waals surface area contributed by atoms with Crippen molar-refractivity contribution in [2.75, 3.05) is 6.61 Å². The van der Waals surface area contributed by atoms with Gasteiger partial charge in [0, 0.05) is 4.90 Å². The first kappa shape index (κ1) is 13.8. The summed E-state index contributed by atoms with van der Waals surface area (Å²) in [5.41, 5.74) is -0.719. The highest BCUT2D eigenvalue weighted by molar-refractivity contribution is 7.99. The van der Waals surface area contributed by atoms with E-state index < -0.39 is 36.5 Å². The third-order valence-electron chi connectivity index (χ3n) is 2.84. The molecule has 1 aromatic carbocycles. The van der Waals surface area contributed by atoms with E-state index in [9.17, 15) is 15.3 Å². The molecule has 3 unspecified atom stereocenters. The van der Waals surface area contributed by atoms with Crippen LogP contribution in [0.2, 0.25) is 0 Å². The predicted octanol–water partition coefficient (Wildman–Crippen LogP) is -0.421. The lowest BCUT2D eigenvalue weighted by molar-refractivity contribution is -0.205. The summed E-state index contributed by atoms with van der Waals surface area (Å²) in [6, 6.07) is 9.29. The van der Waals surface area contributed by atoms with E-state index in [2.05, 4.69) is 0 Å². The van der Waals surface area contributed by atoms with Crippen LogP contribution in [-0.2, 0) is 4.74 Å². The molecule has 0 aliphatic carbocycles. The fourth-order valence-corrected chi connectivity index (χ4v) is 2.88. The highest BCUT2D eigenvalue weighted by Crippen LogP contribution is 2.32. The Balaban J connectivity index is 2.08. The minimum atomic E-state index is -1.32. The molecular weight excluding hydrogens is 256 g/mol. The van der Waals surface area contributed by atoms with Crippen LogP contribution in [0.5, 0.6) is 0 Å². The van der Waals surface area contributed by atoms with Crippen LogP contribution in [0.15, 0.2) is 35.2 Å². The van der Waals surface area contributed by atoms with Crippen LogP contribution in [0, 0.1) is 0 Å². The lowest BCUT2D eigenvalue weighted by Crippen LogP contribution is -2.57. The normalized spacial score (nSPS) is 36.6. The quantitative estimate of drug-likeness (QED) is 0.597. The molecule has 5 atom stereocenters. The van der Waals surface area contributed by atoms with Gasteiger partial charge in [-0.05, 0) is 12.1 Å². The molecule has 100 valence electrons. The van der Waals surface area contributed by atoms with E-state index in [0.29, 0.717) is 0 Å². The van der Waals surface area contributed by atoms with Crippen molar-refractivity contribution >= 4 is 11.8 Å². The minimum absolute atomic E-state index is 0.406. The molecule has 0 spiro atoms. The van der Waals surface area contributed by atoms with Crippen LogP contribution in [0.25, 0.3) is 0 Å². The molecule has 1 aromatic rings. The third-order valence-corrected chi connectivity index (χ3v) is 4.01. The smallest absolute Gasteiger partial charge is 0.136 e. The Morgan fingerprint density at radius 1 is 1.00 bits per heavy atom. The lowest BCUT2D eigenvalue weighted by atomic mass is 10.0. The summed E-state index contributed by atoms with van der Waals surface area (Å²) in [7, 11) is 0. The van der Waals surface area contributed by atoms with E-state index in [1.54, 1.807) is 0 Å². The van der Waals surface area contributed by atoms with Gasteiger partial charge in [-0.1, -0.05) is 30.0 Å². The maximum atomic E-state index is 9.85. The Morgan fingerprint density at radius 2 is 1.67 bits per heavy atom. The molecule has 0 bridgehead atoms. The zero-order valence-corrected chi connectivity index (χ0v) is 10.4. The Kier molecular flexibility index (Phi) is 4.60. The number of aliphatic hydroxyl groups is 4. The van der Waals surface area contributed by atoms with Crippen molar-refractivity contribution in [2.45, 2.75) is 34.7 Å². The summed E-state index contributed by atoms with van der Waals surface area (Å²) in [5.74, 6) is 0. The van der Waals surface area contributed by atoms with Gasteiger partial charge in [-0.15, -0.1) is 0 Å². The Hall–Kier alpha value is -0.630. The van der Waals surface area contributed by atoms with Crippen molar-refractivity contribution in [2.24, 2.45) is 0 Å². The van der Waals surface area contributed by atoms with Gasteiger partial charge >= 0.3 is 0 Å². The Labute approximate surface area is 109 Å². The van der Waals surface area contributed by atoms with Crippen molar-refractivity contribution in [3.63, 3.8) is 0 Å². The van der Waals surface area contributed by atoms with E-state index in [1.165, 1.54) is 11.8 Å². The number of thioether (sulfide) groups is 1. The number of ether oxygens (including phenoxy) is 1. The molecule has 0 saturated carbocycles. The van der Waals surface area contributed by atoms with Crippen molar-refractivity contribution in [3.05, 3.63) is 30.3 Å². The monoisotopic (exact) mass is 272 g/mol. The Morgan fingerprint density at radius 3 is 2.28 bits per heavy atom. The van der Waals surface area contributed by atoms with E-state index in [4.69, 9.17) is 9.84 Å². The molecule has 0 amide bonds. The molecule has 1 heterocycles. The maximum absolute atomic E-state index is 9.85. The fraction of sp³-hybridized carbons (Fsp3) is 0.500. The highest BCUT2D eigenvalue weighted by atomic mass is 32.2. The van der Waals surface area contributed by atoms with Crippen LogP contribution in [0.1, 0.15) is 0 Å². The largest absolute Gasteiger partial charge is 0.394 e. The van der Waals surface area contributed by atoms with Gasteiger partial charge in [-0.25, -0.2) is 0 Å². The van der Waals surface area contributed by atoms with Crippen LogP contribution in [0.3, 0.4) is 0 Å². The van der Waals surface area contributed by atoms with Gasteiger partial charge in [0.25, 0.3) is 0 Å².